The van der Waals surface area contributed by atoms with Gasteiger partial charge < -0.3 is 9.73 Å². The standard InChI is InChI=1S/C16H21FN2O/c1-5-15(16-7-6-13(17)9-18-16)19-11(3)14-8-10(2)20-12(14)4/h6-9,11,15,19H,5H2,1-4H3. The molecule has 0 spiro atoms. The Hall–Kier alpha value is -1.68. The van der Waals surface area contributed by atoms with Crippen molar-refractivity contribution in [1.82, 2.24) is 10.3 Å². The molecule has 0 aliphatic heterocycles. The average Bonchev–Trinajstić information content (AvgIpc) is 2.76. The summed E-state index contributed by atoms with van der Waals surface area (Å²) >= 11 is 0. The van der Waals surface area contributed by atoms with Crippen LogP contribution < -0.4 is 5.32 Å². The van der Waals surface area contributed by atoms with Crippen LogP contribution in [0.1, 0.15) is 55.1 Å². The van der Waals surface area contributed by atoms with Crippen LogP contribution in [0.3, 0.4) is 0 Å². The van der Waals surface area contributed by atoms with Gasteiger partial charge in [-0.15, -0.1) is 0 Å². The normalized spacial score (nSPS) is 14.2. The fourth-order valence-electron chi connectivity index (χ4n) is 2.48. The van der Waals surface area contributed by atoms with Crippen LogP contribution in [0.4, 0.5) is 4.39 Å². The lowest BCUT2D eigenvalue weighted by Crippen LogP contribution is -2.25. The van der Waals surface area contributed by atoms with E-state index in [9.17, 15) is 4.39 Å². The molecule has 0 saturated heterocycles. The maximum Gasteiger partial charge on any atom is 0.141 e. The molecule has 4 heteroatoms. The van der Waals surface area contributed by atoms with E-state index in [2.05, 4.69) is 30.2 Å². The summed E-state index contributed by atoms with van der Waals surface area (Å²) in [4.78, 5) is 4.16. The molecule has 20 heavy (non-hydrogen) atoms. The molecule has 2 aromatic heterocycles. The topological polar surface area (TPSA) is 38.1 Å². The molecule has 0 radical (unpaired) electrons. The number of aromatic nitrogens is 1. The second-order valence-electron chi connectivity index (χ2n) is 5.12. The molecule has 0 fully saturated rings. The molecule has 0 aliphatic rings. The number of nitrogens with one attached hydrogen (secondary N) is 1. The highest BCUT2D eigenvalue weighted by Gasteiger charge is 2.18. The minimum Gasteiger partial charge on any atom is -0.466 e. The molecule has 108 valence electrons. The molecule has 0 amide bonds. The van der Waals surface area contributed by atoms with Crippen LogP contribution in [-0.2, 0) is 0 Å². The SMILES string of the molecule is CCC(NC(C)c1cc(C)oc1C)c1ccc(F)cn1. The molecule has 0 aliphatic carbocycles. The highest BCUT2D eigenvalue weighted by atomic mass is 19.1. The molecule has 1 N–H and O–H groups in total. The van der Waals surface area contributed by atoms with E-state index in [-0.39, 0.29) is 17.9 Å². The predicted octanol–water partition coefficient (Wildman–Crippen LogP) is 4.23. The van der Waals surface area contributed by atoms with E-state index < -0.39 is 0 Å². The minimum absolute atomic E-state index is 0.0974. The molecule has 2 atom stereocenters. The van der Waals surface area contributed by atoms with Gasteiger partial charge in [-0.1, -0.05) is 6.92 Å². The van der Waals surface area contributed by atoms with Crippen molar-refractivity contribution in [2.75, 3.05) is 0 Å². The van der Waals surface area contributed by atoms with Gasteiger partial charge in [-0.2, -0.15) is 0 Å². The van der Waals surface area contributed by atoms with E-state index in [0.717, 1.165) is 29.2 Å². The molecule has 0 aromatic carbocycles. The van der Waals surface area contributed by atoms with Gasteiger partial charge in [-0.25, -0.2) is 4.39 Å². The number of hydrogen-bond acceptors (Lipinski definition) is 3. The van der Waals surface area contributed by atoms with Crippen LogP contribution in [0.2, 0.25) is 0 Å². The Balaban J connectivity index is 2.13. The van der Waals surface area contributed by atoms with Crippen LogP contribution in [0.5, 0.6) is 0 Å². The fourth-order valence-corrected chi connectivity index (χ4v) is 2.48. The lowest BCUT2D eigenvalue weighted by atomic mass is 10.1. The zero-order valence-electron chi connectivity index (χ0n) is 12.4. The maximum atomic E-state index is 12.9. The van der Waals surface area contributed by atoms with E-state index in [1.54, 1.807) is 6.07 Å². The smallest absolute Gasteiger partial charge is 0.141 e. The van der Waals surface area contributed by atoms with Gasteiger partial charge in [0.25, 0.3) is 0 Å². The quantitative estimate of drug-likeness (QED) is 0.888. The summed E-state index contributed by atoms with van der Waals surface area (Å²) in [6.45, 7) is 8.10. The predicted molar refractivity (Wildman–Crippen MR) is 77.0 cm³/mol. The fraction of sp³-hybridized carbons (Fsp3) is 0.438. The van der Waals surface area contributed by atoms with Gasteiger partial charge in [0.15, 0.2) is 0 Å². The third-order valence-corrected chi connectivity index (χ3v) is 3.51. The van der Waals surface area contributed by atoms with Crippen molar-refractivity contribution in [3.05, 3.63) is 53.0 Å². The first-order valence-corrected chi connectivity index (χ1v) is 6.95. The van der Waals surface area contributed by atoms with Gasteiger partial charge in [-0.3, -0.25) is 4.98 Å². The van der Waals surface area contributed by atoms with Gasteiger partial charge in [0.05, 0.1) is 11.9 Å². The van der Waals surface area contributed by atoms with Crippen molar-refractivity contribution in [3.63, 3.8) is 0 Å². The number of rotatable bonds is 5. The number of halogens is 1. The number of furan rings is 1. The molecular weight excluding hydrogens is 255 g/mol. The average molecular weight is 276 g/mol. The van der Waals surface area contributed by atoms with Crippen LogP contribution >= 0.6 is 0 Å². The molecule has 2 unspecified atom stereocenters. The molecule has 0 saturated carbocycles. The Morgan fingerprint density at radius 1 is 1.35 bits per heavy atom. The van der Waals surface area contributed by atoms with Crippen LogP contribution in [-0.4, -0.2) is 4.98 Å². The van der Waals surface area contributed by atoms with Crippen molar-refractivity contribution in [2.24, 2.45) is 0 Å². The first-order valence-electron chi connectivity index (χ1n) is 6.95. The Bertz CT molecular complexity index is 562. The molecule has 3 nitrogen and oxygen atoms in total. The summed E-state index contributed by atoms with van der Waals surface area (Å²) in [5.74, 6) is 1.54. The molecule has 2 heterocycles. The van der Waals surface area contributed by atoms with E-state index >= 15 is 0 Å². The van der Waals surface area contributed by atoms with Crippen molar-refractivity contribution < 1.29 is 8.81 Å². The summed E-state index contributed by atoms with van der Waals surface area (Å²) in [5, 5.41) is 3.53. The molecule has 2 rings (SSSR count). The number of hydrogen-bond donors (Lipinski definition) is 1. The zero-order chi connectivity index (χ0) is 14.7. The zero-order valence-corrected chi connectivity index (χ0v) is 12.4. The minimum atomic E-state index is -0.307. The summed E-state index contributed by atoms with van der Waals surface area (Å²) in [6.07, 6.45) is 2.15. The van der Waals surface area contributed by atoms with Gasteiger partial charge in [-0.05, 0) is 45.4 Å². The Morgan fingerprint density at radius 2 is 2.10 bits per heavy atom. The van der Waals surface area contributed by atoms with E-state index in [4.69, 9.17) is 4.42 Å². The highest BCUT2D eigenvalue weighted by Crippen LogP contribution is 2.25. The lowest BCUT2D eigenvalue weighted by molar-refractivity contribution is 0.436. The monoisotopic (exact) mass is 276 g/mol. The molecule has 2 aromatic rings. The second-order valence-corrected chi connectivity index (χ2v) is 5.12. The Morgan fingerprint density at radius 3 is 2.60 bits per heavy atom. The first kappa shape index (κ1) is 14.7. The van der Waals surface area contributed by atoms with Crippen molar-refractivity contribution in [2.45, 2.75) is 46.2 Å². The van der Waals surface area contributed by atoms with Crippen LogP contribution in [0, 0.1) is 19.7 Å². The third kappa shape index (κ3) is 3.25. The maximum absolute atomic E-state index is 12.9. The summed E-state index contributed by atoms with van der Waals surface area (Å²) in [7, 11) is 0. The van der Waals surface area contributed by atoms with E-state index in [1.165, 1.54) is 12.3 Å². The largest absolute Gasteiger partial charge is 0.466 e. The summed E-state index contributed by atoms with van der Waals surface area (Å²) in [6, 6.07) is 5.49. The summed E-state index contributed by atoms with van der Waals surface area (Å²) < 4.78 is 18.5. The third-order valence-electron chi connectivity index (χ3n) is 3.51. The van der Waals surface area contributed by atoms with Crippen LogP contribution in [0.15, 0.2) is 28.8 Å². The van der Waals surface area contributed by atoms with Crippen LogP contribution in [0.25, 0.3) is 0 Å². The lowest BCUT2D eigenvalue weighted by Gasteiger charge is -2.21. The van der Waals surface area contributed by atoms with E-state index in [1.807, 2.05) is 13.8 Å². The second kappa shape index (κ2) is 6.18. The Labute approximate surface area is 119 Å². The van der Waals surface area contributed by atoms with Gasteiger partial charge in [0.1, 0.15) is 17.3 Å². The van der Waals surface area contributed by atoms with Gasteiger partial charge >= 0.3 is 0 Å². The Kier molecular flexibility index (Phi) is 4.55. The van der Waals surface area contributed by atoms with Crippen molar-refractivity contribution in [3.8, 4) is 0 Å². The van der Waals surface area contributed by atoms with Gasteiger partial charge in [0.2, 0.25) is 0 Å². The first-order chi connectivity index (χ1) is 9.51. The van der Waals surface area contributed by atoms with Crippen molar-refractivity contribution in [1.29, 1.82) is 0 Å². The molecular formula is C16H21FN2O. The number of nitrogens with zero attached hydrogens (tertiary/aromatic N) is 1. The van der Waals surface area contributed by atoms with Crippen molar-refractivity contribution >= 4 is 0 Å². The number of pyridine rings is 1. The summed E-state index contributed by atoms with van der Waals surface area (Å²) in [5.41, 5.74) is 2.02. The number of aryl methyl sites for hydroxylation is 2. The molecule has 0 bridgehead atoms. The van der Waals surface area contributed by atoms with Gasteiger partial charge in [0, 0.05) is 17.6 Å². The highest BCUT2D eigenvalue weighted by molar-refractivity contribution is 5.24. The van der Waals surface area contributed by atoms with E-state index in [0.29, 0.717) is 0 Å².